The molecular weight excluding hydrogens is 522 g/mol. The molecule has 6 rings (SSSR count). The van der Waals surface area contributed by atoms with E-state index in [1.807, 2.05) is 12.3 Å². The summed E-state index contributed by atoms with van der Waals surface area (Å²) < 4.78 is 0. The van der Waals surface area contributed by atoms with Crippen LogP contribution in [0.25, 0.3) is 0 Å². The maximum atomic E-state index is 13.0. The highest BCUT2D eigenvalue weighted by atomic mass is 35.5. The number of nitrogens with two attached hydrogens (primary N) is 1. The average Bonchev–Trinajstić information content (AvgIpc) is 3.14. The Labute approximate surface area is 243 Å². The fourth-order valence-electron chi connectivity index (χ4n) is 7.76. The van der Waals surface area contributed by atoms with Crippen molar-refractivity contribution >= 4 is 23.5 Å². The molecule has 4 aliphatic rings. The van der Waals surface area contributed by atoms with Crippen molar-refractivity contribution in [3.05, 3.63) is 63.9 Å². The molecule has 2 N–H and O–H groups in total. The van der Waals surface area contributed by atoms with Crippen LogP contribution in [0.4, 0.5) is 4.79 Å². The number of halogens is 1. The van der Waals surface area contributed by atoms with Crippen LogP contribution in [0.2, 0.25) is 5.02 Å². The Bertz CT molecular complexity index is 1210. The number of aromatic nitrogens is 1. The molecule has 3 aliphatic heterocycles. The van der Waals surface area contributed by atoms with E-state index >= 15 is 0 Å². The topological polar surface area (TPSA) is 82.8 Å². The first kappa shape index (κ1) is 27.5. The van der Waals surface area contributed by atoms with E-state index in [0.29, 0.717) is 37.3 Å². The van der Waals surface area contributed by atoms with Crippen molar-refractivity contribution in [2.75, 3.05) is 39.3 Å². The number of fused-ring (bicyclic) bond motifs is 2. The number of primary amides is 1. The second-order valence-corrected chi connectivity index (χ2v) is 12.8. The van der Waals surface area contributed by atoms with E-state index in [-0.39, 0.29) is 12.1 Å². The maximum absolute atomic E-state index is 13.0. The Morgan fingerprint density at radius 2 is 1.50 bits per heavy atom. The van der Waals surface area contributed by atoms with Crippen LogP contribution in [0.15, 0.2) is 36.5 Å². The largest absolute Gasteiger partial charge is 0.351 e. The lowest BCUT2D eigenvalue weighted by atomic mass is 9.78. The van der Waals surface area contributed by atoms with E-state index in [1.165, 1.54) is 35.2 Å². The summed E-state index contributed by atoms with van der Waals surface area (Å²) in [5.74, 6) is 2.10. The molecule has 1 unspecified atom stereocenters. The number of amides is 3. The molecule has 8 heteroatoms. The van der Waals surface area contributed by atoms with Crippen LogP contribution in [-0.4, -0.2) is 70.9 Å². The highest BCUT2D eigenvalue weighted by Crippen LogP contribution is 2.40. The molecule has 1 aromatic heterocycles. The van der Waals surface area contributed by atoms with Crippen molar-refractivity contribution in [3.8, 4) is 0 Å². The van der Waals surface area contributed by atoms with Crippen molar-refractivity contribution in [1.82, 2.24) is 19.7 Å². The predicted octanol–water partition coefficient (Wildman–Crippen LogP) is 5.05. The first-order valence-electron chi connectivity index (χ1n) is 15.2. The van der Waals surface area contributed by atoms with Gasteiger partial charge >= 0.3 is 6.03 Å². The van der Waals surface area contributed by atoms with Crippen LogP contribution in [0.3, 0.4) is 0 Å². The van der Waals surface area contributed by atoms with Crippen molar-refractivity contribution < 1.29 is 9.59 Å². The normalized spacial score (nSPS) is 23.4. The van der Waals surface area contributed by atoms with Gasteiger partial charge in [-0.1, -0.05) is 23.7 Å². The highest BCUT2D eigenvalue weighted by Gasteiger charge is 2.36. The van der Waals surface area contributed by atoms with Gasteiger partial charge in [-0.25, -0.2) is 4.79 Å². The third-order valence-corrected chi connectivity index (χ3v) is 10.4. The molecule has 2 aromatic rings. The standard InChI is InChI=1S/C32H42ClN5O2/c33-27-5-6-28-26(21-27)4-3-25-2-1-13-35-30(25)31(28)37-18-11-24(12-19-37)23-9-16-36(17-10-23)29(39)20-22-7-14-38(15-8-22)32(34)40/h1-2,5-6,13,21-24,31H,3-4,7-12,14-20H2,(H2,34,40). The fraction of sp³-hybridized carbons (Fsp3) is 0.594. The van der Waals surface area contributed by atoms with Crippen molar-refractivity contribution in [1.29, 1.82) is 0 Å². The van der Waals surface area contributed by atoms with E-state index in [0.717, 1.165) is 75.6 Å². The number of rotatable bonds is 4. The summed E-state index contributed by atoms with van der Waals surface area (Å²) in [7, 11) is 0. The lowest BCUT2D eigenvalue weighted by molar-refractivity contribution is -0.134. The Morgan fingerprint density at radius 1 is 0.850 bits per heavy atom. The van der Waals surface area contributed by atoms with Crippen LogP contribution in [-0.2, 0) is 17.6 Å². The number of benzene rings is 1. The molecule has 1 atom stereocenters. The summed E-state index contributed by atoms with van der Waals surface area (Å²) in [6, 6.07) is 10.6. The van der Waals surface area contributed by atoms with Gasteiger partial charge < -0.3 is 15.5 Å². The second kappa shape index (κ2) is 12.1. The molecule has 40 heavy (non-hydrogen) atoms. The Balaban J connectivity index is 1.03. The minimum absolute atomic E-state index is 0.196. The van der Waals surface area contributed by atoms with E-state index < -0.39 is 0 Å². The van der Waals surface area contributed by atoms with Gasteiger partial charge in [-0.2, -0.15) is 0 Å². The highest BCUT2D eigenvalue weighted by molar-refractivity contribution is 6.30. The summed E-state index contributed by atoms with van der Waals surface area (Å²) in [6.45, 7) is 5.29. The van der Waals surface area contributed by atoms with Crippen LogP contribution in [0.1, 0.15) is 73.4 Å². The van der Waals surface area contributed by atoms with E-state index in [2.05, 4.69) is 34.1 Å². The number of pyridine rings is 1. The Hall–Kier alpha value is -2.64. The molecule has 0 radical (unpaired) electrons. The summed E-state index contributed by atoms with van der Waals surface area (Å²) in [5.41, 5.74) is 10.7. The number of carbonyl (C=O) groups excluding carboxylic acids is 2. The molecule has 214 valence electrons. The lowest BCUT2D eigenvalue weighted by Crippen LogP contribution is -2.45. The molecule has 1 aliphatic carbocycles. The number of likely N-dealkylation sites (tertiary alicyclic amines) is 3. The van der Waals surface area contributed by atoms with Gasteiger partial charge in [-0.3, -0.25) is 14.7 Å². The van der Waals surface area contributed by atoms with Gasteiger partial charge in [-0.05, 0) is 117 Å². The predicted molar refractivity (Wildman–Crippen MR) is 157 cm³/mol. The number of hydrogen-bond donors (Lipinski definition) is 1. The van der Waals surface area contributed by atoms with Gasteiger partial charge in [0.1, 0.15) is 0 Å². The van der Waals surface area contributed by atoms with E-state index in [4.69, 9.17) is 22.3 Å². The van der Waals surface area contributed by atoms with Crippen LogP contribution in [0.5, 0.6) is 0 Å². The Morgan fingerprint density at radius 3 is 2.20 bits per heavy atom. The third kappa shape index (κ3) is 5.87. The number of nitrogens with zero attached hydrogens (tertiary/aromatic N) is 4. The van der Waals surface area contributed by atoms with E-state index in [1.54, 1.807) is 4.90 Å². The van der Waals surface area contributed by atoms with Crippen LogP contribution >= 0.6 is 11.6 Å². The molecule has 1 aromatic carbocycles. The van der Waals surface area contributed by atoms with Crippen molar-refractivity contribution in [3.63, 3.8) is 0 Å². The van der Waals surface area contributed by atoms with Gasteiger partial charge in [0, 0.05) is 43.8 Å². The summed E-state index contributed by atoms with van der Waals surface area (Å²) in [6.07, 6.45) is 11.0. The number of piperidine rings is 3. The fourth-order valence-corrected chi connectivity index (χ4v) is 7.95. The summed E-state index contributed by atoms with van der Waals surface area (Å²) >= 11 is 6.40. The van der Waals surface area contributed by atoms with Crippen molar-refractivity contribution in [2.24, 2.45) is 23.5 Å². The molecule has 3 amide bonds. The van der Waals surface area contributed by atoms with Gasteiger partial charge in [0.05, 0.1) is 11.7 Å². The van der Waals surface area contributed by atoms with Crippen molar-refractivity contribution in [2.45, 2.75) is 63.8 Å². The van der Waals surface area contributed by atoms with Gasteiger partial charge in [-0.15, -0.1) is 0 Å². The summed E-state index contributed by atoms with van der Waals surface area (Å²) in [5, 5.41) is 0.813. The molecular formula is C32H42ClN5O2. The molecule has 7 nitrogen and oxygen atoms in total. The third-order valence-electron chi connectivity index (χ3n) is 10.1. The zero-order valence-corrected chi connectivity index (χ0v) is 24.2. The first-order chi connectivity index (χ1) is 19.5. The van der Waals surface area contributed by atoms with Crippen LogP contribution < -0.4 is 5.73 Å². The number of hydrogen-bond acceptors (Lipinski definition) is 4. The number of aryl methyl sites for hydroxylation is 2. The molecule has 3 fully saturated rings. The lowest BCUT2D eigenvalue weighted by Gasteiger charge is -2.43. The smallest absolute Gasteiger partial charge is 0.314 e. The molecule has 0 bridgehead atoms. The molecule has 0 saturated carbocycles. The molecule has 3 saturated heterocycles. The quantitative estimate of drug-likeness (QED) is 0.564. The monoisotopic (exact) mass is 563 g/mol. The summed E-state index contributed by atoms with van der Waals surface area (Å²) in [4.78, 5) is 35.8. The van der Waals surface area contributed by atoms with Gasteiger partial charge in [0.15, 0.2) is 0 Å². The SMILES string of the molecule is NC(=O)N1CCC(CC(=O)N2CCC(C3CCN(C4c5ccc(Cl)cc5CCc5cccnc54)CC3)CC2)CC1. The first-order valence-corrected chi connectivity index (χ1v) is 15.6. The molecule has 0 spiro atoms. The van der Waals surface area contributed by atoms with E-state index in [9.17, 15) is 9.59 Å². The average molecular weight is 564 g/mol. The minimum atomic E-state index is -0.344. The van der Waals surface area contributed by atoms with Crippen LogP contribution in [0, 0.1) is 17.8 Å². The van der Waals surface area contributed by atoms with Gasteiger partial charge in [0.2, 0.25) is 5.91 Å². The Kier molecular flexibility index (Phi) is 8.31. The zero-order valence-electron chi connectivity index (χ0n) is 23.4. The van der Waals surface area contributed by atoms with Gasteiger partial charge in [0.25, 0.3) is 0 Å². The zero-order chi connectivity index (χ0) is 27.6. The maximum Gasteiger partial charge on any atom is 0.314 e. The second-order valence-electron chi connectivity index (χ2n) is 12.4. The number of urea groups is 1. The molecule has 4 heterocycles. The number of carbonyl (C=O) groups is 2. The minimum Gasteiger partial charge on any atom is -0.351 e.